The molecule has 1 atom stereocenters. The van der Waals surface area contributed by atoms with E-state index in [1.54, 1.807) is 30.5 Å². The molecule has 0 aliphatic heterocycles. The number of nitrogens with zero attached hydrogens (tertiary/aromatic N) is 2. The highest BCUT2D eigenvalue weighted by Crippen LogP contribution is 2.32. The predicted molar refractivity (Wildman–Crippen MR) is 186 cm³/mol. The summed E-state index contributed by atoms with van der Waals surface area (Å²) in [6.45, 7) is 7.69. The van der Waals surface area contributed by atoms with Crippen molar-refractivity contribution in [2.24, 2.45) is 0 Å². The van der Waals surface area contributed by atoms with Crippen molar-refractivity contribution >= 4 is 52.1 Å². The van der Waals surface area contributed by atoms with E-state index in [-0.39, 0.29) is 12.6 Å². The number of benzene rings is 3. The van der Waals surface area contributed by atoms with Gasteiger partial charge in [0.25, 0.3) is 0 Å². The highest BCUT2D eigenvalue weighted by Gasteiger charge is 2.22. The molecule has 0 saturated heterocycles. The molecule has 0 spiro atoms. The first-order valence-electron chi connectivity index (χ1n) is 15.2. The Hall–Kier alpha value is -4.84. The highest BCUT2D eigenvalue weighted by molar-refractivity contribution is 6.58. The van der Waals surface area contributed by atoms with E-state index >= 15 is 0 Å². The average Bonchev–Trinajstić information content (AvgIpc) is 3.63. The molecule has 0 radical (unpaired) electrons. The van der Waals surface area contributed by atoms with Crippen molar-refractivity contribution in [3.8, 4) is 16.9 Å². The molecule has 6 rings (SSSR count). The molecule has 242 valence electrons. The fourth-order valence-electron chi connectivity index (χ4n) is 5.03. The van der Waals surface area contributed by atoms with Gasteiger partial charge < -0.3 is 29.8 Å². The molecule has 3 aromatic carbocycles. The van der Waals surface area contributed by atoms with E-state index in [0.29, 0.717) is 22.8 Å². The largest absolute Gasteiger partial charge is 0.490 e. The Labute approximate surface area is 278 Å². The maximum Gasteiger partial charge on any atom is 0.488 e. The van der Waals surface area contributed by atoms with Crippen molar-refractivity contribution in [1.82, 2.24) is 25.5 Å². The summed E-state index contributed by atoms with van der Waals surface area (Å²) in [5.74, 6) is 0.545. The summed E-state index contributed by atoms with van der Waals surface area (Å²) in [7, 11) is -1.34. The third-order valence-electron chi connectivity index (χ3n) is 7.28. The topological polar surface area (TPSA) is 145 Å². The molecule has 12 heteroatoms. The van der Waals surface area contributed by atoms with Gasteiger partial charge in [-0.3, -0.25) is 5.10 Å². The summed E-state index contributed by atoms with van der Waals surface area (Å²) in [4.78, 5) is 20.3. The number of para-hydroxylation sites is 1. The van der Waals surface area contributed by atoms with Gasteiger partial charge in [-0.1, -0.05) is 66.2 Å². The van der Waals surface area contributed by atoms with Crippen LogP contribution in [0.25, 0.3) is 32.9 Å². The normalized spacial score (nSPS) is 11.9. The Morgan fingerprint density at radius 1 is 1.02 bits per heavy atom. The third kappa shape index (κ3) is 8.91. The lowest BCUT2D eigenvalue weighted by Crippen LogP contribution is -2.43. The van der Waals surface area contributed by atoms with Crippen LogP contribution in [0.1, 0.15) is 32.0 Å². The summed E-state index contributed by atoms with van der Waals surface area (Å²) < 4.78 is 11.7. The number of pyridine rings is 1. The predicted octanol–water partition coefficient (Wildman–Crippen LogP) is 5.95. The fraction of sp³-hybridized carbons (Fsp3) is 0.229. The van der Waals surface area contributed by atoms with Crippen molar-refractivity contribution in [3.05, 3.63) is 108 Å². The van der Waals surface area contributed by atoms with Crippen LogP contribution < -0.4 is 15.5 Å². The minimum Gasteiger partial charge on any atom is -0.490 e. The fourth-order valence-corrected chi connectivity index (χ4v) is 5.24. The second-order valence-electron chi connectivity index (χ2n) is 12.1. The number of halogens is 1. The zero-order valence-electron chi connectivity index (χ0n) is 26.6. The summed E-state index contributed by atoms with van der Waals surface area (Å²) >= 11 is 6.47. The Morgan fingerprint density at radius 3 is 2.49 bits per heavy atom. The number of carbonyl (C=O) groups excluding carboxylic acids is 1. The number of amides is 1. The summed E-state index contributed by atoms with van der Waals surface area (Å²) in [5, 5.41) is 29.9. The second-order valence-corrected chi connectivity index (χ2v) is 12.5. The standard InChI is InChI=1S/C29H30ClN5O3.C6H7BO2/c1-17-23-12-18(9-10-26(23)35-34-17)24-13-21(15-32-27(24)30)37-16-20(33-28(36)38-29(2,3)4)11-19-14-31-25-8-6-5-7-22(19)25;8-7(9)6-4-2-1-3-5-6/h5-10,12-15,20,31H,11,16H2,1-4H3,(H,33,36)(H,34,35);1-5,8-9H/t20-;/m0./s1. The van der Waals surface area contributed by atoms with Crippen LogP contribution in [0.3, 0.4) is 0 Å². The minimum absolute atomic E-state index is 0.210. The molecular formula is C35H37BClN5O5. The monoisotopic (exact) mass is 653 g/mol. The third-order valence-corrected chi connectivity index (χ3v) is 7.58. The first-order valence-corrected chi connectivity index (χ1v) is 15.5. The highest BCUT2D eigenvalue weighted by atomic mass is 35.5. The van der Waals surface area contributed by atoms with Crippen LogP contribution in [0.4, 0.5) is 4.79 Å². The Balaban J connectivity index is 0.000000417. The van der Waals surface area contributed by atoms with Crippen LogP contribution >= 0.6 is 11.6 Å². The summed E-state index contributed by atoms with van der Waals surface area (Å²) in [6.07, 6.45) is 3.60. The second kappa shape index (κ2) is 14.7. The van der Waals surface area contributed by atoms with Gasteiger partial charge >= 0.3 is 13.2 Å². The average molecular weight is 654 g/mol. The van der Waals surface area contributed by atoms with Crippen molar-refractivity contribution in [2.45, 2.75) is 45.8 Å². The maximum atomic E-state index is 12.6. The molecule has 3 aromatic heterocycles. The maximum absolute atomic E-state index is 12.6. The summed E-state index contributed by atoms with van der Waals surface area (Å²) in [5.41, 5.74) is 5.55. The van der Waals surface area contributed by atoms with Gasteiger partial charge in [-0.2, -0.15) is 5.10 Å². The molecule has 0 saturated carbocycles. The van der Waals surface area contributed by atoms with Crippen molar-refractivity contribution in [1.29, 1.82) is 0 Å². The molecular weight excluding hydrogens is 617 g/mol. The van der Waals surface area contributed by atoms with E-state index in [2.05, 4.69) is 31.5 Å². The number of hydrogen-bond acceptors (Lipinski definition) is 7. The Kier molecular flexibility index (Phi) is 10.5. The van der Waals surface area contributed by atoms with Crippen LogP contribution in [0.2, 0.25) is 5.15 Å². The number of alkyl carbamates (subject to hydrolysis) is 1. The van der Waals surface area contributed by atoms with Gasteiger partial charge in [0, 0.05) is 33.7 Å². The molecule has 6 aromatic rings. The number of aryl methyl sites for hydroxylation is 1. The zero-order chi connectivity index (χ0) is 33.6. The first-order chi connectivity index (χ1) is 22.5. The van der Waals surface area contributed by atoms with Gasteiger partial charge in [-0.25, -0.2) is 9.78 Å². The SMILES string of the molecule is Cc1[nH]nc2ccc(-c3cc(OC[C@H](Cc4c[nH]c5ccccc45)NC(=O)OC(C)(C)C)cnc3Cl)cc12.OB(O)c1ccccc1. The lowest BCUT2D eigenvalue weighted by molar-refractivity contribution is 0.0488. The van der Waals surface area contributed by atoms with Crippen molar-refractivity contribution in [3.63, 3.8) is 0 Å². The van der Waals surface area contributed by atoms with Gasteiger partial charge in [0.05, 0.1) is 17.8 Å². The number of nitrogens with one attached hydrogen (secondary N) is 3. The van der Waals surface area contributed by atoms with Crippen LogP contribution in [0, 0.1) is 6.92 Å². The molecule has 47 heavy (non-hydrogen) atoms. The van der Waals surface area contributed by atoms with Gasteiger partial charge in [0.2, 0.25) is 0 Å². The molecule has 0 fully saturated rings. The molecule has 0 bridgehead atoms. The Bertz CT molecular complexity index is 1960. The Morgan fingerprint density at radius 2 is 1.77 bits per heavy atom. The molecule has 5 N–H and O–H groups in total. The quantitative estimate of drug-likeness (QED) is 0.101. The van der Waals surface area contributed by atoms with E-state index < -0.39 is 18.8 Å². The number of fused-ring (bicyclic) bond motifs is 2. The zero-order valence-corrected chi connectivity index (χ0v) is 27.4. The minimum atomic E-state index is -1.34. The van der Waals surface area contributed by atoms with Crippen LogP contribution in [0.5, 0.6) is 5.75 Å². The van der Waals surface area contributed by atoms with E-state index in [0.717, 1.165) is 44.2 Å². The van der Waals surface area contributed by atoms with Gasteiger partial charge in [0.1, 0.15) is 23.1 Å². The van der Waals surface area contributed by atoms with Gasteiger partial charge in [-0.05, 0) is 75.0 Å². The molecule has 10 nitrogen and oxygen atoms in total. The van der Waals surface area contributed by atoms with E-state index in [9.17, 15) is 4.79 Å². The number of ether oxygens (including phenoxy) is 2. The number of hydrogen-bond donors (Lipinski definition) is 5. The number of H-pyrrole nitrogens is 2. The number of rotatable bonds is 8. The van der Waals surface area contributed by atoms with E-state index in [4.69, 9.17) is 31.1 Å². The van der Waals surface area contributed by atoms with Gasteiger partial charge in [-0.15, -0.1) is 0 Å². The van der Waals surface area contributed by atoms with Crippen LogP contribution in [-0.4, -0.2) is 61.7 Å². The molecule has 0 aliphatic rings. The molecule has 1 amide bonds. The molecule has 0 aliphatic carbocycles. The number of aromatic amines is 2. The van der Waals surface area contributed by atoms with E-state index in [1.807, 2.05) is 82.4 Å². The van der Waals surface area contributed by atoms with Crippen molar-refractivity contribution < 1.29 is 24.3 Å². The molecule has 3 heterocycles. The lowest BCUT2D eigenvalue weighted by Gasteiger charge is -2.24. The smallest absolute Gasteiger partial charge is 0.488 e. The van der Waals surface area contributed by atoms with Gasteiger partial charge in [0.15, 0.2) is 0 Å². The number of aromatic nitrogens is 4. The van der Waals surface area contributed by atoms with Crippen LogP contribution in [-0.2, 0) is 11.2 Å². The first kappa shape index (κ1) is 33.5. The van der Waals surface area contributed by atoms with E-state index in [1.165, 1.54) is 0 Å². The summed E-state index contributed by atoms with van der Waals surface area (Å²) in [6, 6.07) is 24.2. The lowest BCUT2D eigenvalue weighted by atomic mass is 9.81. The van der Waals surface area contributed by atoms with Crippen LogP contribution in [0.15, 0.2) is 91.3 Å². The van der Waals surface area contributed by atoms with Crippen molar-refractivity contribution in [2.75, 3.05) is 6.61 Å². The molecule has 0 unspecified atom stereocenters. The number of carbonyl (C=O) groups is 1.